The Balaban J connectivity index is 1.49. The average molecular weight is 432 g/mol. The first-order chi connectivity index (χ1) is 13.0. The molecule has 7 nitrogen and oxygen atoms in total. The normalized spacial score (nSPS) is 14.7. The number of amides is 2. The van der Waals surface area contributed by atoms with Crippen LogP contribution in [0.3, 0.4) is 0 Å². The highest BCUT2D eigenvalue weighted by atomic mass is 79.9. The molecule has 1 aliphatic rings. The molecule has 2 amide bonds. The van der Waals surface area contributed by atoms with Gasteiger partial charge in [-0.05, 0) is 47.2 Å². The highest BCUT2D eigenvalue weighted by Crippen LogP contribution is 2.16. The average Bonchev–Trinajstić information content (AvgIpc) is 2.68. The van der Waals surface area contributed by atoms with Gasteiger partial charge in [0.2, 0.25) is 5.91 Å². The van der Waals surface area contributed by atoms with Crippen LogP contribution in [0.4, 0.5) is 11.5 Å². The van der Waals surface area contributed by atoms with Crippen molar-refractivity contribution in [1.29, 1.82) is 0 Å². The van der Waals surface area contributed by atoms with Crippen LogP contribution in [0.2, 0.25) is 0 Å². The molecule has 8 heteroatoms. The first-order valence-electron chi connectivity index (χ1n) is 8.75. The fourth-order valence-electron chi connectivity index (χ4n) is 2.79. The van der Waals surface area contributed by atoms with E-state index in [1.54, 1.807) is 24.4 Å². The fourth-order valence-corrected chi connectivity index (χ4v) is 3.25. The molecule has 0 radical (unpaired) electrons. The summed E-state index contributed by atoms with van der Waals surface area (Å²) in [4.78, 5) is 33.1. The number of pyridine rings is 1. The monoisotopic (exact) mass is 431 g/mol. The number of likely N-dealkylation sites (N-methyl/N-ethyl adjacent to an activating group) is 1. The number of hydrogen-bond acceptors (Lipinski definition) is 5. The predicted molar refractivity (Wildman–Crippen MR) is 109 cm³/mol. The van der Waals surface area contributed by atoms with Crippen molar-refractivity contribution in [3.8, 4) is 0 Å². The van der Waals surface area contributed by atoms with Crippen LogP contribution >= 0.6 is 15.9 Å². The Hall–Kier alpha value is -2.45. The molecule has 142 valence electrons. The summed E-state index contributed by atoms with van der Waals surface area (Å²) in [5, 5.41) is 5.36. The van der Waals surface area contributed by atoms with E-state index in [1.165, 1.54) is 0 Å². The number of halogens is 1. The molecule has 1 aromatic heterocycles. The maximum atomic E-state index is 12.1. The van der Waals surface area contributed by atoms with Crippen LogP contribution in [0.15, 0.2) is 47.1 Å². The van der Waals surface area contributed by atoms with Gasteiger partial charge in [-0.1, -0.05) is 12.1 Å². The Morgan fingerprint density at radius 2 is 1.85 bits per heavy atom. The second-order valence-corrected chi connectivity index (χ2v) is 7.26. The van der Waals surface area contributed by atoms with Gasteiger partial charge in [-0.25, -0.2) is 4.98 Å². The van der Waals surface area contributed by atoms with Gasteiger partial charge in [-0.15, -0.1) is 0 Å². The molecule has 0 bridgehead atoms. The van der Waals surface area contributed by atoms with Crippen LogP contribution in [0.25, 0.3) is 0 Å². The third-order valence-electron chi connectivity index (χ3n) is 4.39. The maximum absolute atomic E-state index is 12.1. The number of benzene rings is 1. The Morgan fingerprint density at radius 1 is 1.11 bits per heavy atom. The molecule has 0 unspecified atom stereocenters. The number of nitrogens with one attached hydrogen (secondary N) is 2. The molecule has 0 saturated carbocycles. The third kappa shape index (κ3) is 5.27. The molecule has 0 aliphatic carbocycles. The Morgan fingerprint density at radius 3 is 2.52 bits per heavy atom. The van der Waals surface area contributed by atoms with E-state index in [4.69, 9.17) is 0 Å². The quantitative estimate of drug-likeness (QED) is 0.756. The zero-order chi connectivity index (χ0) is 19.2. The molecule has 2 aromatic rings. The van der Waals surface area contributed by atoms with Gasteiger partial charge in [-0.2, -0.15) is 0 Å². The molecule has 1 saturated heterocycles. The minimum atomic E-state index is -0.304. The van der Waals surface area contributed by atoms with Crippen LogP contribution in [-0.4, -0.2) is 61.5 Å². The van der Waals surface area contributed by atoms with Gasteiger partial charge in [-0.3, -0.25) is 9.59 Å². The molecule has 27 heavy (non-hydrogen) atoms. The topological polar surface area (TPSA) is 77.6 Å². The predicted octanol–water partition coefficient (Wildman–Crippen LogP) is 1.96. The van der Waals surface area contributed by atoms with Crippen LogP contribution in [0.1, 0.15) is 10.4 Å². The zero-order valence-electron chi connectivity index (χ0n) is 15.1. The van der Waals surface area contributed by atoms with Crippen molar-refractivity contribution in [3.63, 3.8) is 0 Å². The number of carbonyl (C=O) groups is 2. The van der Waals surface area contributed by atoms with Gasteiger partial charge >= 0.3 is 0 Å². The summed E-state index contributed by atoms with van der Waals surface area (Å²) >= 11 is 3.32. The molecule has 2 N–H and O–H groups in total. The molecule has 1 aromatic carbocycles. The Labute approximate surface area is 166 Å². The second-order valence-electron chi connectivity index (χ2n) is 6.41. The maximum Gasteiger partial charge on any atom is 0.252 e. The second kappa shape index (κ2) is 8.96. The minimum Gasteiger partial charge on any atom is -0.354 e. The highest BCUT2D eigenvalue weighted by molar-refractivity contribution is 9.10. The number of piperazine rings is 1. The molecule has 0 atom stereocenters. The number of rotatable bonds is 5. The lowest BCUT2D eigenvalue weighted by molar-refractivity contribution is -0.115. The summed E-state index contributed by atoms with van der Waals surface area (Å²) in [6.07, 6.45) is 1.64. The van der Waals surface area contributed by atoms with E-state index in [0.29, 0.717) is 15.7 Å². The SMILES string of the molecule is CN1CCN(c2ccc(NC(=O)CNC(=O)c3ccccc3Br)cn2)CC1. The molecule has 3 rings (SSSR count). The van der Waals surface area contributed by atoms with Gasteiger partial charge in [0.05, 0.1) is 24.0 Å². The van der Waals surface area contributed by atoms with Crippen molar-refractivity contribution in [1.82, 2.24) is 15.2 Å². The molecular formula is C19H22BrN5O2. The van der Waals surface area contributed by atoms with E-state index in [0.717, 1.165) is 32.0 Å². The largest absolute Gasteiger partial charge is 0.354 e. The molecular weight excluding hydrogens is 410 g/mol. The Bertz CT molecular complexity index is 804. The number of aromatic nitrogens is 1. The molecule has 0 spiro atoms. The van der Waals surface area contributed by atoms with Gasteiger partial charge in [0.1, 0.15) is 5.82 Å². The van der Waals surface area contributed by atoms with Crippen molar-refractivity contribution in [2.75, 3.05) is 50.0 Å². The third-order valence-corrected chi connectivity index (χ3v) is 5.08. The van der Waals surface area contributed by atoms with Gasteiger partial charge in [0, 0.05) is 30.7 Å². The van der Waals surface area contributed by atoms with Crippen molar-refractivity contribution in [2.45, 2.75) is 0 Å². The number of hydrogen-bond donors (Lipinski definition) is 2. The van der Waals surface area contributed by atoms with Gasteiger partial charge in [0.15, 0.2) is 0 Å². The summed E-state index contributed by atoms with van der Waals surface area (Å²) < 4.78 is 0.687. The van der Waals surface area contributed by atoms with Crippen LogP contribution in [-0.2, 0) is 4.79 Å². The van der Waals surface area contributed by atoms with Crippen molar-refractivity contribution in [2.24, 2.45) is 0 Å². The number of nitrogens with zero attached hydrogens (tertiary/aromatic N) is 3. The standard InChI is InChI=1S/C19H22BrN5O2/c1-24-8-10-25(11-9-24)17-7-6-14(12-21-17)23-18(26)13-22-19(27)15-4-2-3-5-16(15)20/h2-7,12H,8-11,13H2,1H3,(H,22,27)(H,23,26). The van der Waals surface area contributed by atoms with Crippen LogP contribution in [0.5, 0.6) is 0 Å². The van der Waals surface area contributed by atoms with E-state index in [1.807, 2.05) is 18.2 Å². The van der Waals surface area contributed by atoms with Crippen molar-refractivity contribution in [3.05, 3.63) is 52.6 Å². The van der Waals surface area contributed by atoms with Crippen molar-refractivity contribution < 1.29 is 9.59 Å². The Kier molecular flexibility index (Phi) is 6.41. The van der Waals surface area contributed by atoms with Gasteiger partial charge in [0.25, 0.3) is 5.91 Å². The number of anilines is 2. The summed E-state index contributed by atoms with van der Waals surface area (Å²) in [7, 11) is 2.11. The van der Waals surface area contributed by atoms with E-state index in [2.05, 4.69) is 48.4 Å². The molecule has 1 aliphatic heterocycles. The van der Waals surface area contributed by atoms with Crippen LogP contribution < -0.4 is 15.5 Å². The van der Waals surface area contributed by atoms with E-state index in [9.17, 15) is 9.59 Å². The number of carbonyl (C=O) groups excluding carboxylic acids is 2. The summed E-state index contributed by atoms with van der Waals surface area (Å²) in [5.74, 6) is 0.300. The lowest BCUT2D eigenvalue weighted by Gasteiger charge is -2.33. The van der Waals surface area contributed by atoms with E-state index >= 15 is 0 Å². The fraction of sp³-hybridized carbons (Fsp3) is 0.316. The lowest BCUT2D eigenvalue weighted by atomic mass is 10.2. The van der Waals surface area contributed by atoms with Gasteiger partial charge < -0.3 is 20.4 Å². The summed E-state index contributed by atoms with van der Waals surface area (Å²) in [5.41, 5.74) is 1.09. The molecule has 1 fully saturated rings. The minimum absolute atomic E-state index is 0.111. The highest BCUT2D eigenvalue weighted by Gasteiger charge is 2.15. The summed E-state index contributed by atoms with van der Waals surface area (Å²) in [6, 6.07) is 10.8. The first kappa shape index (κ1) is 19.3. The van der Waals surface area contributed by atoms with E-state index < -0.39 is 0 Å². The smallest absolute Gasteiger partial charge is 0.252 e. The van der Waals surface area contributed by atoms with E-state index in [-0.39, 0.29) is 18.4 Å². The lowest BCUT2D eigenvalue weighted by Crippen LogP contribution is -2.44. The first-order valence-corrected chi connectivity index (χ1v) is 9.54. The van der Waals surface area contributed by atoms with Crippen LogP contribution in [0, 0.1) is 0 Å². The summed E-state index contributed by atoms with van der Waals surface area (Å²) in [6.45, 7) is 3.79. The molecule has 2 heterocycles. The zero-order valence-corrected chi connectivity index (χ0v) is 16.7. The van der Waals surface area contributed by atoms with Crippen molar-refractivity contribution >= 4 is 39.2 Å².